The Kier molecular flexibility index (Phi) is 3.93. The number of fused-ring (bicyclic) bond motifs is 1. The van der Waals surface area contributed by atoms with Gasteiger partial charge in [-0.25, -0.2) is 4.68 Å². The number of benzene rings is 1. The number of ether oxygens (including phenoxy) is 1. The monoisotopic (exact) mass is 290 g/mol. The van der Waals surface area contributed by atoms with Gasteiger partial charge >= 0.3 is 0 Å². The van der Waals surface area contributed by atoms with E-state index in [1.807, 2.05) is 4.68 Å². The van der Waals surface area contributed by atoms with Gasteiger partial charge in [-0.3, -0.25) is 0 Å². The van der Waals surface area contributed by atoms with Gasteiger partial charge < -0.3 is 10.2 Å². The lowest BCUT2D eigenvalue weighted by molar-refractivity contribution is 0.199. The summed E-state index contributed by atoms with van der Waals surface area (Å²) in [6.07, 6.45) is 0.762. The molecule has 2 aromatic rings. The SMILES string of the molecule is COCCc1nnc2n1NC(c1ccc(C)cc1)CS2. The maximum absolute atomic E-state index is 5.12. The average Bonchev–Trinajstić information content (AvgIpc) is 2.88. The standard InChI is InChI=1S/C14H18N4OS/c1-10-3-5-11(6-4-10)12-9-20-14-16-15-13(7-8-19-2)18(14)17-12/h3-6,12,17H,7-9H2,1-2H3. The summed E-state index contributed by atoms with van der Waals surface area (Å²) >= 11 is 1.74. The minimum atomic E-state index is 0.283. The Balaban J connectivity index is 1.79. The number of nitrogens with zero attached hydrogens (tertiary/aromatic N) is 3. The molecule has 1 N–H and O–H groups in total. The van der Waals surface area contributed by atoms with Crippen LogP contribution in [0.15, 0.2) is 29.4 Å². The molecule has 1 aromatic carbocycles. The summed E-state index contributed by atoms with van der Waals surface area (Å²) in [7, 11) is 1.70. The van der Waals surface area contributed by atoms with Gasteiger partial charge in [-0.2, -0.15) is 0 Å². The van der Waals surface area contributed by atoms with Crippen LogP contribution >= 0.6 is 11.8 Å². The Morgan fingerprint density at radius 3 is 2.90 bits per heavy atom. The molecule has 1 aliphatic heterocycles. The zero-order valence-corrected chi connectivity index (χ0v) is 12.5. The number of methoxy groups -OCH3 is 1. The van der Waals surface area contributed by atoms with Crippen LogP contribution in [0.5, 0.6) is 0 Å². The van der Waals surface area contributed by atoms with E-state index in [1.165, 1.54) is 11.1 Å². The number of aromatic nitrogens is 3. The normalized spacial score (nSPS) is 17.6. The molecule has 1 unspecified atom stereocenters. The Labute approximate surface area is 122 Å². The highest BCUT2D eigenvalue weighted by Gasteiger charge is 2.23. The molecule has 0 saturated heterocycles. The third kappa shape index (κ3) is 2.66. The van der Waals surface area contributed by atoms with Gasteiger partial charge in [0.15, 0.2) is 5.82 Å². The molecule has 1 atom stereocenters. The van der Waals surface area contributed by atoms with Crippen LogP contribution in [-0.4, -0.2) is 34.3 Å². The zero-order chi connectivity index (χ0) is 13.9. The molecule has 0 amide bonds. The lowest BCUT2D eigenvalue weighted by Gasteiger charge is -2.26. The van der Waals surface area contributed by atoms with Crippen LogP contribution in [0.4, 0.5) is 0 Å². The van der Waals surface area contributed by atoms with E-state index in [0.717, 1.165) is 23.2 Å². The topological polar surface area (TPSA) is 52.0 Å². The first-order valence-electron chi connectivity index (χ1n) is 6.67. The Bertz CT molecular complexity index is 581. The molecule has 1 aromatic heterocycles. The van der Waals surface area contributed by atoms with Crippen LogP contribution in [-0.2, 0) is 11.2 Å². The summed E-state index contributed by atoms with van der Waals surface area (Å²) in [5.74, 6) is 1.89. The van der Waals surface area contributed by atoms with E-state index in [4.69, 9.17) is 4.74 Å². The first kappa shape index (κ1) is 13.5. The lowest BCUT2D eigenvalue weighted by Crippen LogP contribution is -2.29. The summed E-state index contributed by atoms with van der Waals surface area (Å²) in [5, 5.41) is 9.37. The quantitative estimate of drug-likeness (QED) is 0.935. The number of rotatable bonds is 4. The molecule has 106 valence electrons. The second-order valence-electron chi connectivity index (χ2n) is 4.88. The van der Waals surface area contributed by atoms with Crippen LogP contribution in [0.2, 0.25) is 0 Å². The smallest absolute Gasteiger partial charge is 0.210 e. The molecule has 0 saturated carbocycles. The molecule has 2 heterocycles. The molecule has 0 radical (unpaired) electrons. The van der Waals surface area contributed by atoms with Crippen LogP contribution in [0, 0.1) is 6.92 Å². The molecule has 5 nitrogen and oxygen atoms in total. The van der Waals surface area contributed by atoms with Crippen LogP contribution < -0.4 is 5.43 Å². The van der Waals surface area contributed by atoms with Crippen molar-refractivity contribution < 1.29 is 4.74 Å². The molecular weight excluding hydrogens is 272 g/mol. The van der Waals surface area contributed by atoms with E-state index in [2.05, 4.69) is 46.8 Å². The molecule has 6 heteroatoms. The first-order valence-corrected chi connectivity index (χ1v) is 7.65. The molecule has 0 fully saturated rings. The zero-order valence-electron chi connectivity index (χ0n) is 11.7. The highest BCUT2D eigenvalue weighted by Crippen LogP contribution is 2.29. The number of aryl methyl sites for hydroxylation is 1. The lowest BCUT2D eigenvalue weighted by atomic mass is 10.1. The van der Waals surface area contributed by atoms with Gasteiger partial charge in [0.25, 0.3) is 0 Å². The fraction of sp³-hybridized carbons (Fsp3) is 0.429. The van der Waals surface area contributed by atoms with Gasteiger partial charge in [-0.1, -0.05) is 41.6 Å². The van der Waals surface area contributed by atoms with E-state index >= 15 is 0 Å². The van der Waals surface area contributed by atoms with Gasteiger partial charge in [0, 0.05) is 19.3 Å². The van der Waals surface area contributed by atoms with Crippen molar-refractivity contribution in [3.8, 4) is 0 Å². The van der Waals surface area contributed by atoms with E-state index in [9.17, 15) is 0 Å². The molecule has 0 bridgehead atoms. The van der Waals surface area contributed by atoms with Crippen LogP contribution in [0.25, 0.3) is 0 Å². The summed E-state index contributed by atoms with van der Waals surface area (Å²) in [6, 6.07) is 8.94. The van der Waals surface area contributed by atoms with E-state index < -0.39 is 0 Å². The van der Waals surface area contributed by atoms with Gasteiger partial charge in [-0.05, 0) is 12.5 Å². The van der Waals surface area contributed by atoms with Crippen molar-refractivity contribution >= 4 is 11.8 Å². The summed E-state index contributed by atoms with van der Waals surface area (Å²) in [4.78, 5) is 0. The van der Waals surface area contributed by atoms with Crippen LogP contribution in [0.1, 0.15) is 23.0 Å². The summed E-state index contributed by atoms with van der Waals surface area (Å²) < 4.78 is 7.11. The second-order valence-corrected chi connectivity index (χ2v) is 5.87. The highest BCUT2D eigenvalue weighted by molar-refractivity contribution is 7.99. The maximum atomic E-state index is 5.12. The summed E-state index contributed by atoms with van der Waals surface area (Å²) in [5.41, 5.74) is 6.08. The highest BCUT2D eigenvalue weighted by atomic mass is 32.2. The second kappa shape index (κ2) is 5.85. The Morgan fingerprint density at radius 1 is 1.35 bits per heavy atom. The number of hydrogen-bond acceptors (Lipinski definition) is 5. The molecular formula is C14H18N4OS. The number of nitrogens with one attached hydrogen (secondary N) is 1. The minimum absolute atomic E-state index is 0.283. The predicted molar refractivity (Wildman–Crippen MR) is 79.6 cm³/mol. The van der Waals surface area contributed by atoms with Crippen molar-refractivity contribution in [1.82, 2.24) is 14.9 Å². The minimum Gasteiger partial charge on any atom is -0.384 e. The van der Waals surface area contributed by atoms with Gasteiger partial charge in [-0.15, -0.1) is 10.2 Å². The maximum Gasteiger partial charge on any atom is 0.210 e. The van der Waals surface area contributed by atoms with E-state index in [-0.39, 0.29) is 6.04 Å². The van der Waals surface area contributed by atoms with E-state index in [1.54, 1.807) is 18.9 Å². The fourth-order valence-electron chi connectivity index (χ4n) is 2.20. The van der Waals surface area contributed by atoms with Crippen molar-refractivity contribution in [1.29, 1.82) is 0 Å². The molecule has 3 rings (SSSR count). The van der Waals surface area contributed by atoms with Crippen molar-refractivity contribution in [2.24, 2.45) is 0 Å². The molecule has 0 aliphatic carbocycles. The number of thioether (sulfide) groups is 1. The van der Waals surface area contributed by atoms with Crippen molar-refractivity contribution in [2.45, 2.75) is 24.5 Å². The third-order valence-electron chi connectivity index (χ3n) is 3.37. The number of hydrogen-bond donors (Lipinski definition) is 1. The van der Waals surface area contributed by atoms with Gasteiger partial charge in [0.2, 0.25) is 5.16 Å². The van der Waals surface area contributed by atoms with Gasteiger partial charge in [0.05, 0.1) is 12.6 Å². The third-order valence-corrected chi connectivity index (χ3v) is 4.40. The largest absolute Gasteiger partial charge is 0.384 e. The Morgan fingerprint density at radius 2 is 2.15 bits per heavy atom. The van der Waals surface area contributed by atoms with E-state index in [0.29, 0.717) is 6.61 Å². The van der Waals surface area contributed by atoms with Gasteiger partial charge in [0.1, 0.15) is 0 Å². The van der Waals surface area contributed by atoms with Crippen LogP contribution in [0.3, 0.4) is 0 Å². The molecule has 1 aliphatic rings. The molecule has 0 spiro atoms. The van der Waals surface area contributed by atoms with Crippen molar-refractivity contribution in [3.05, 3.63) is 41.2 Å². The Hall–Kier alpha value is -1.53. The predicted octanol–water partition coefficient (Wildman–Crippen LogP) is 2.17. The average molecular weight is 290 g/mol. The molecule has 20 heavy (non-hydrogen) atoms. The first-order chi connectivity index (χ1) is 9.78. The fourth-order valence-corrected chi connectivity index (χ4v) is 3.17. The summed E-state index contributed by atoms with van der Waals surface area (Å²) in [6.45, 7) is 2.76. The van der Waals surface area contributed by atoms with Crippen molar-refractivity contribution in [2.75, 3.05) is 24.9 Å². The van der Waals surface area contributed by atoms with Crippen molar-refractivity contribution in [3.63, 3.8) is 0 Å².